The normalized spacial score (nSPS) is 12.6. The van der Waals surface area contributed by atoms with E-state index >= 15 is 0 Å². The van der Waals surface area contributed by atoms with Crippen molar-refractivity contribution in [3.8, 4) is 0 Å². The monoisotopic (exact) mass is 184 g/mol. The Balaban J connectivity index is 3.77. The van der Waals surface area contributed by atoms with Gasteiger partial charge in [0.05, 0.1) is 6.61 Å². The first-order valence-corrected chi connectivity index (χ1v) is 4.94. The molecule has 76 valence electrons. The number of esters is 1. The summed E-state index contributed by atoms with van der Waals surface area (Å²) in [6.45, 7) is 10.3. The molecule has 0 aliphatic carbocycles. The van der Waals surface area contributed by atoms with Gasteiger partial charge >= 0.3 is 5.97 Å². The average molecular weight is 184 g/mol. The van der Waals surface area contributed by atoms with Crippen LogP contribution < -0.4 is 0 Å². The summed E-state index contributed by atoms with van der Waals surface area (Å²) >= 11 is 0. The molecule has 1 atom stereocenters. The van der Waals surface area contributed by atoms with Crippen molar-refractivity contribution < 1.29 is 9.53 Å². The van der Waals surface area contributed by atoms with E-state index in [1.165, 1.54) is 6.08 Å². The van der Waals surface area contributed by atoms with Crippen LogP contribution in [0.15, 0.2) is 12.7 Å². The highest BCUT2D eigenvalue weighted by Crippen LogP contribution is 2.19. The molecule has 0 aromatic carbocycles. The Kier molecular flexibility index (Phi) is 6.29. The van der Waals surface area contributed by atoms with E-state index in [9.17, 15) is 4.79 Å². The molecule has 0 aliphatic heterocycles. The molecule has 0 bridgehead atoms. The van der Waals surface area contributed by atoms with E-state index in [1.807, 2.05) is 0 Å². The van der Waals surface area contributed by atoms with Gasteiger partial charge in [-0.2, -0.15) is 0 Å². The summed E-state index contributed by atoms with van der Waals surface area (Å²) in [4.78, 5) is 10.8. The van der Waals surface area contributed by atoms with Gasteiger partial charge in [0.25, 0.3) is 0 Å². The summed E-state index contributed by atoms with van der Waals surface area (Å²) in [5, 5.41) is 0. The molecule has 2 heteroatoms. The highest BCUT2D eigenvalue weighted by atomic mass is 16.5. The lowest BCUT2D eigenvalue weighted by Gasteiger charge is -2.20. The topological polar surface area (TPSA) is 26.3 Å². The molecule has 13 heavy (non-hydrogen) atoms. The minimum Gasteiger partial charge on any atom is -0.462 e. The van der Waals surface area contributed by atoms with Crippen LogP contribution in [0.3, 0.4) is 0 Å². The fourth-order valence-corrected chi connectivity index (χ4v) is 1.50. The Hall–Kier alpha value is -0.790. The molecule has 0 saturated heterocycles. The first-order chi connectivity index (χ1) is 6.15. The number of carbonyl (C=O) groups excluding carboxylic acids is 1. The molecule has 0 aliphatic rings. The Morgan fingerprint density at radius 2 is 2.00 bits per heavy atom. The maximum Gasteiger partial charge on any atom is 0.330 e. The summed E-state index contributed by atoms with van der Waals surface area (Å²) in [7, 11) is 0. The minimum absolute atomic E-state index is 0.321. The lowest BCUT2D eigenvalue weighted by atomic mass is 9.90. The van der Waals surface area contributed by atoms with Gasteiger partial charge in [-0.1, -0.05) is 40.2 Å². The molecule has 0 radical (unpaired) electrons. The van der Waals surface area contributed by atoms with Gasteiger partial charge in [0.15, 0.2) is 0 Å². The Bertz CT molecular complexity index is 159. The summed E-state index contributed by atoms with van der Waals surface area (Å²) in [5.74, 6) is 0.773. The van der Waals surface area contributed by atoms with Crippen LogP contribution in [0.1, 0.15) is 33.6 Å². The molecular weight excluding hydrogens is 164 g/mol. The second-order valence-electron chi connectivity index (χ2n) is 3.39. The van der Waals surface area contributed by atoms with Gasteiger partial charge < -0.3 is 4.74 Å². The van der Waals surface area contributed by atoms with Gasteiger partial charge in [-0.25, -0.2) is 4.79 Å². The van der Waals surface area contributed by atoms with Gasteiger partial charge in [-0.05, 0) is 11.8 Å². The average Bonchev–Trinajstić information content (AvgIpc) is 2.16. The fraction of sp³-hybridized carbons (Fsp3) is 0.727. The van der Waals surface area contributed by atoms with Crippen molar-refractivity contribution >= 4 is 5.97 Å². The van der Waals surface area contributed by atoms with Crippen molar-refractivity contribution in [1.29, 1.82) is 0 Å². The van der Waals surface area contributed by atoms with Crippen LogP contribution in [-0.4, -0.2) is 12.6 Å². The van der Waals surface area contributed by atoms with Crippen LogP contribution >= 0.6 is 0 Å². The molecule has 0 heterocycles. The summed E-state index contributed by atoms with van der Waals surface area (Å²) in [6.07, 6.45) is 3.49. The Morgan fingerprint density at radius 1 is 1.46 bits per heavy atom. The molecule has 0 aromatic heterocycles. The van der Waals surface area contributed by atoms with E-state index in [2.05, 4.69) is 27.4 Å². The van der Waals surface area contributed by atoms with Crippen molar-refractivity contribution in [2.45, 2.75) is 33.6 Å². The highest BCUT2D eigenvalue weighted by molar-refractivity contribution is 5.81. The van der Waals surface area contributed by atoms with Gasteiger partial charge in [0.1, 0.15) is 0 Å². The summed E-state index contributed by atoms with van der Waals surface area (Å²) in [5.41, 5.74) is 0. The smallest absolute Gasteiger partial charge is 0.330 e. The number of rotatable bonds is 6. The Morgan fingerprint density at radius 3 is 2.38 bits per heavy atom. The third-order valence-corrected chi connectivity index (χ3v) is 2.51. The van der Waals surface area contributed by atoms with Crippen LogP contribution in [0.4, 0.5) is 0 Å². The standard InChI is InChI=1S/C11H20O2/c1-5-10(6-2)9(4)8-13-11(12)7-3/h7,9-10H,3,5-6,8H2,1-2,4H3. The molecule has 0 fully saturated rings. The second-order valence-corrected chi connectivity index (χ2v) is 3.39. The number of hydrogen-bond donors (Lipinski definition) is 0. The van der Waals surface area contributed by atoms with E-state index in [-0.39, 0.29) is 5.97 Å². The Labute approximate surface area is 81.0 Å². The molecule has 0 aromatic rings. The van der Waals surface area contributed by atoms with E-state index in [0.717, 1.165) is 12.8 Å². The molecule has 1 unspecified atom stereocenters. The third-order valence-electron chi connectivity index (χ3n) is 2.51. The molecule has 0 amide bonds. The number of carbonyl (C=O) groups is 1. The first kappa shape index (κ1) is 12.2. The van der Waals surface area contributed by atoms with Crippen molar-refractivity contribution in [2.24, 2.45) is 11.8 Å². The maximum absolute atomic E-state index is 10.8. The van der Waals surface area contributed by atoms with Gasteiger partial charge in [-0.15, -0.1) is 0 Å². The molecule has 0 N–H and O–H groups in total. The predicted molar refractivity (Wildman–Crippen MR) is 54.4 cm³/mol. The lowest BCUT2D eigenvalue weighted by Crippen LogP contribution is -2.17. The first-order valence-electron chi connectivity index (χ1n) is 4.94. The van der Waals surface area contributed by atoms with Crippen molar-refractivity contribution in [3.05, 3.63) is 12.7 Å². The lowest BCUT2D eigenvalue weighted by molar-refractivity contribution is -0.139. The third kappa shape index (κ3) is 4.71. The van der Waals surface area contributed by atoms with Gasteiger partial charge in [0.2, 0.25) is 0 Å². The van der Waals surface area contributed by atoms with Crippen LogP contribution in [0.2, 0.25) is 0 Å². The van der Waals surface area contributed by atoms with Crippen molar-refractivity contribution in [2.75, 3.05) is 6.61 Å². The zero-order valence-corrected chi connectivity index (χ0v) is 8.88. The van der Waals surface area contributed by atoms with Crippen LogP contribution in [0.5, 0.6) is 0 Å². The highest BCUT2D eigenvalue weighted by Gasteiger charge is 2.14. The molecule has 0 rings (SSSR count). The van der Waals surface area contributed by atoms with Crippen LogP contribution in [0.25, 0.3) is 0 Å². The van der Waals surface area contributed by atoms with Gasteiger partial charge in [0, 0.05) is 6.08 Å². The van der Waals surface area contributed by atoms with Gasteiger partial charge in [-0.3, -0.25) is 0 Å². The molecule has 0 spiro atoms. The minimum atomic E-state index is -0.321. The molecule has 0 saturated carbocycles. The van der Waals surface area contributed by atoms with E-state index < -0.39 is 0 Å². The SMILES string of the molecule is C=CC(=O)OCC(C)C(CC)CC. The predicted octanol–water partition coefficient (Wildman–Crippen LogP) is 2.79. The quantitative estimate of drug-likeness (QED) is 0.468. The van der Waals surface area contributed by atoms with E-state index in [4.69, 9.17) is 4.74 Å². The molecule has 2 nitrogen and oxygen atoms in total. The summed E-state index contributed by atoms with van der Waals surface area (Å²) in [6, 6.07) is 0. The second kappa shape index (κ2) is 6.70. The van der Waals surface area contributed by atoms with Crippen molar-refractivity contribution in [3.63, 3.8) is 0 Å². The largest absolute Gasteiger partial charge is 0.462 e. The van der Waals surface area contributed by atoms with Crippen molar-refractivity contribution in [1.82, 2.24) is 0 Å². The zero-order chi connectivity index (χ0) is 10.3. The molecular formula is C11H20O2. The number of ether oxygens (including phenoxy) is 1. The fourth-order valence-electron chi connectivity index (χ4n) is 1.50. The van der Waals surface area contributed by atoms with Crippen LogP contribution in [-0.2, 0) is 9.53 Å². The number of hydrogen-bond acceptors (Lipinski definition) is 2. The summed E-state index contributed by atoms with van der Waals surface area (Å²) < 4.78 is 4.98. The zero-order valence-electron chi connectivity index (χ0n) is 8.88. The maximum atomic E-state index is 10.8. The van der Waals surface area contributed by atoms with Crippen LogP contribution in [0, 0.1) is 11.8 Å². The van der Waals surface area contributed by atoms with E-state index in [1.54, 1.807) is 0 Å². The van der Waals surface area contributed by atoms with E-state index in [0.29, 0.717) is 18.4 Å².